The number of anilines is 2. The van der Waals surface area contributed by atoms with Crippen molar-refractivity contribution in [3.05, 3.63) is 41.2 Å². The van der Waals surface area contributed by atoms with Gasteiger partial charge in [0.05, 0.1) is 24.9 Å². The molecule has 1 aromatic carbocycles. The molecule has 2 heterocycles. The monoisotopic (exact) mass is 389 g/mol. The summed E-state index contributed by atoms with van der Waals surface area (Å²) in [7, 11) is 3.13. The van der Waals surface area contributed by atoms with Crippen molar-refractivity contribution >= 4 is 28.9 Å². The third-order valence-electron chi connectivity index (χ3n) is 4.63. The van der Waals surface area contributed by atoms with Gasteiger partial charge in [-0.15, -0.1) is 0 Å². The van der Waals surface area contributed by atoms with E-state index in [4.69, 9.17) is 21.1 Å². The Balaban J connectivity index is 1.83. The van der Waals surface area contributed by atoms with Crippen LogP contribution in [0.4, 0.5) is 11.4 Å². The highest BCUT2D eigenvalue weighted by molar-refractivity contribution is 6.32. The summed E-state index contributed by atoms with van der Waals surface area (Å²) in [4.78, 5) is 19.0. The molecule has 0 saturated carbocycles. The molecule has 7 heteroatoms. The van der Waals surface area contributed by atoms with Gasteiger partial charge in [0.2, 0.25) is 0 Å². The van der Waals surface area contributed by atoms with Crippen LogP contribution in [0.3, 0.4) is 0 Å². The molecule has 0 bridgehead atoms. The second-order valence-electron chi connectivity index (χ2n) is 6.45. The van der Waals surface area contributed by atoms with Gasteiger partial charge in [-0.2, -0.15) is 0 Å². The van der Waals surface area contributed by atoms with E-state index in [0.29, 0.717) is 27.9 Å². The molecule has 3 rings (SSSR count). The average molecular weight is 390 g/mol. The Labute approximate surface area is 164 Å². The Morgan fingerprint density at radius 3 is 2.44 bits per heavy atom. The largest absolute Gasteiger partial charge is 0.495 e. The fourth-order valence-electron chi connectivity index (χ4n) is 3.17. The minimum absolute atomic E-state index is 0.0267. The van der Waals surface area contributed by atoms with E-state index in [9.17, 15) is 4.79 Å². The van der Waals surface area contributed by atoms with E-state index in [1.165, 1.54) is 12.8 Å². The average Bonchev–Trinajstić information content (AvgIpc) is 2.98. The maximum atomic E-state index is 12.8. The van der Waals surface area contributed by atoms with Crippen LogP contribution in [-0.2, 0) is 0 Å². The molecule has 0 spiro atoms. The number of methoxy groups -OCH3 is 2. The topological polar surface area (TPSA) is 63.7 Å². The first kappa shape index (κ1) is 19.3. The maximum Gasteiger partial charge on any atom is 0.272 e. The Kier molecular flexibility index (Phi) is 6.40. The summed E-state index contributed by atoms with van der Waals surface area (Å²) in [6, 6.07) is 7.01. The molecule has 2 aromatic rings. The predicted octanol–water partition coefficient (Wildman–Crippen LogP) is 4.51. The molecule has 144 valence electrons. The Hall–Kier alpha value is -2.47. The number of benzene rings is 1. The Morgan fingerprint density at radius 2 is 1.78 bits per heavy atom. The summed E-state index contributed by atoms with van der Waals surface area (Å²) in [6.07, 6.45) is 6.08. The van der Waals surface area contributed by atoms with E-state index in [2.05, 4.69) is 10.3 Å². The number of likely N-dealkylation sites (tertiary alicyclic amines) is 1. The van der Waals surface area contributed by atoms with E-state index >= 15 is 0 Å². The number of ether oxygens (including phenoxy) is 2. The van der Waals surface area contributed by atoms with Gasteiger partial charge in [-0.3, -0.25) is 9.78 Å². The summed E-state index contributed by atoms with van der Waals surface area (Å²) >= 11 is 6.16. The Bertz CT molecular complexity index is 805. The number of carbonyl (C=O) groups is 1. The number of hydrogen-bond acceptors (Lipinski definition) is 5. The number of carbonyl (C=O) groups excluding carboxylic acids is 1. The van der Waals surface area contributed by atoms with Gasteiger partial charge >= 0.3 is 0 Å². The van der Waals surface area contributed by atoms with Crippen molar-refractivity contribution in [2.75, 3.05) is 32.6 Å². The fourth-order valence-corrected chi connectivity index (χ4v) is 3.41. The van der Waals surface area contributed by atoms with Crippen molar-refractivity contribution in [2.24, 2.45) is 0 Å². The minimum Gasteiger partial charge on any atom is -0.495 e. The molecular formula is C20H24ClN3O3. The molecule has 0 atom stereocenters. The molecule has 1 aliphatic rings. The molecular weight excluding hydrogens is 366 g/mol. The number of halogens is 1. The highest BCUT2D eigenvalue weighted by Gasteiger charge is 2.19. The zero-order valence-electron chi connectivity index (χ0n) is 15.6. The van der Waals surface area contributed by atoms with E-state index in [1.54, 1.807) is 44.7 Å². The van der Waals surface area contributed by atoms with Gasteiger partial charge in [-0.05, 0) is 25.0 Å². The molecule has 1 amide bonds. The van der Waals surface area contributed by atoms with Crippen molar-refractivity contribution in [3.63, 3.8) is 0 Å². The van der Waals surface area contributed by atoms with Gasteiger partial charge < -0.3 is 19.7 Å². The first-order valence-corrected chi connectivity index (χ1v) is 9.44. The van der Waals surface area contributed by atoms with Crippen molar-refractivity contribution in [3.8, 4) is 11.5 Å². The number of hydrogen-bond donors (Lipinski definition) is 1. The molecule has 0 radical (unpaired) electrons. The molecule has 0 aliphatic carbocycles. The van der Waals surface area contributed by atoms with Crippen LogP contribution in [0.15, 0.2) is 30.5 Å². The lowest BCUT2D eigenvalue weighted by atomic mass is 10.2. The van der Waals surface area contributed by atoms with Crippen molar-refractivity contribution < 1.29 is 14.3 Å². The van der Waals surface area contributed by atoms with Gasteiger partial charge in [0.25, 0.3) is 5.91 Å². The highest BCUT2D eigenvalue weighted by atomic mass is 35.5. The van der Waals surface area contributed by atoms with Crippen molar-refractivity contribution in [1.82, 2.24) is 9.88 Å². The maximum absolute atomic E-state index is 12.8. The highest BCUT2D eigenvalue weighted by Crippen LogP contribution is 2.37. The van der Waals surface area contributed by atoms with Crippen LogP contribution >= 0.6 is 11.6 Å². The smallest absolute Gasteiger partial charge is 0.272 e. The Morgan fingerprint density at radius 1 is 1.07 bits per heavy atom. The number of rotatable bonds is 5. The zero-order valence-corrected chi connectivity index (χ0v) is 16.4. The van der Waals surface area contributed by atoms with Crippen LogP contribution in [0.25, 0.3) is 0 Å². The van der Waals surface area contributed by atoms with E-state index in [1.807, 2.05) is 4.90 Å². The van der Waals surface area contributed by atoms with Gasteiger partial charge in [-0.1, -0.05) is 24.4 Å². The fraction of sp³-hybridized carbons (Fsp3) is 0.400. The van der Waals surface area contributed by atoms with Crippen LogP contribution in [0, 0.1) is 0 Å². The molecule has 27 heavy (non-hydrogen) atoms. The molecule has 1 saturated heterocycles. The number of amides is 1. The summed E-state index contributed by atoms with van der Waals surface area (Å²) in [6.45, 7) is 1.58. The van der Waals surface area contributed by atoms with Crippen LogP contribution in [0.5, 0.6) is 11.5 Å². The molecule has 6 nitrogen and oxygen atoms in total. The van der Waals surface area contributed by atoms with Gasteiger partial charge in [0.15, 0.2) is 0 Å². The van der Waals surface area contributed by atoms with E-state index in [-0.39, 0.29) is 5.91 Å². The number of aromatic nitrogens is 1. The summed E-state index contributed by atoms with van der Waals surface area (Å²) < 4.78 is 10.7. The SMILES string of the molecule is COc1cc(Nc2ccnc(C(=O)N3CCCCCC3)c2)c(OC)cc1Cl. The second kappa shape index (κ2) is 8.95. The summed E-state index contributed by atoms with van der Waals surface area (Å²) in [5.41, 5.74) is 1.87. The lowest BCUT2D eigenvalue weighted by Crippen LogP contribution is -2.32. The third kappa shape index (κ3) is 4.63. The van der Waals surface area contributed by atoms with Crippen LogP contribution in [0.2, 0.25) is 5.02 Å². The van der Waals surface area contributed by atoms with Gasteiger partial charge in [0, 0.05) is 37.1 Å². The van der Waals surface area contributed by atoms with Crippen LogP contribution in [-0.4, -0.2) is 43.1 Å². The normalized spacial score (nSPS) is 14.4. The molecule has 0 unspecified atom stereocenters. The van der Waals surface area contributed by atoms with Crippen LogP contribution < -0.4 is 14.8 Å². The number of nitrogens with one attached hydrogen (secondary N) is 1. The number of pyridine rings is 1. The summed E-state index contributed by atoms with van der Waals surface area (Å²) in [5, 5.41) is 3.73. The van der Waals surface area contributed by atoms with E-state index in [0.717, 1.165) is 31.6 Å². The minimum atomic E-state index is -0.0267. The first-order chi connectivity index (χ1) is 13.1. The molecule has 1 N–H and O–H groups in total. The lowest BCUT2D eigenvalue weighted by molar-refractivity contribution is 0.0756. The molecule has 1 aliphatic heterocycles. The molecule has 1 fully saturated rings. The zero-order chi connectivity index (χ0) is 19.2. The van der Waals surface area contributed by atoms with E-state index < -0.39 is 0 Å². The quantitative estimate of drug-likeness (QED) is 0.814. The van der Waals surface area contributed by atoms with Gasteiger partial charge in [-0.25, -0.2) is 0 Å². The summed E-state index contributed by atoms with van der Waals surface area (Å²) in [5.74, 6) is 1.09. The second-order valence-corrected chi connectivity index (χ2v) is 6.86. The standard InChI is InChI=1S/C20H24ClN3O3/c1-26-18-13-16(19(27-2)12-15(18)21)23-14-7-8-22-17(11-14)20(25)24-9-5-3-4-6-10-24/h7-8,11-13H,3-6,9-10H2,1-2H3,(H,22,23). The van der Waals surface area contributed by atoms with Crippen molar-refractivity contribution in [2.45, 2.75) is 25.7 Å². The van der Waals surface area contributed by atoms with Gasteiger partial charge in [0.1, 0.15) is 17.2 Å². The number of nitrogens with zero attached hydrogens (tertiary/aromatic N) is 2. The predicted molar refractivity (Wildman–Crippen MR) is 106 cm³/mol. The third-order valence-corrected chi connectivity index (χ3v) is 4.92. The lowest BCUT2D eigenvalue weighted by Gasteiger charge is -2.20. The molecule has 1 aromatic heterocycles. The first-order valence-electron chi connectivity index (χ1n) is 9.06. The van der Waals surface area contributed by atoms with Crippen LogP contribution in [0.1, 0.15) is 36.2 Å². The van der Waals surface area contributed by atoms with Crippen molar-refractivity contribution in [1.29, 1.82) is 0 Å².